The largest absolute Gasteiger partial charge is 0.370 e. The molecule has 1 aliphatic carbocycles. The van der Waals surface area contributed by atoms with Gasteiger partial charge in [-0.1, -0.05) is 53.5 Å². The van der Waals surface area contributed by atoms with Gasteiger partial charge in [0.2, 0.25) is 0 Å². The molecule has 0 saturated heterocycles. The second-order valence-electron chi connectivity index (χ2n) is 3.25. The lowest BCUT2D eigenvalue weighted by molar-refractivity contribution is 0.104. The molecule has 3 heteroatoms. The van der Waals surface area contributed by atoms with Crippen molar-refractivity contribution in [3.63, 3.8) is 0 Å². The number of halogens is 2. The van der Waals surface area contributed by atoms with Crippen molar-refractivity contribution in [2.45, 2.75) is 23.5 Å². The number of hydrogen-bond acceptors (Lipinski definition) is 1. The van der Waals surface area contributed by atoms with E-state index in [1.54, 1.807) is 0 Å². The summed E-state index contributed by atoms with van der Waals surface area (Å²) in [6.45, 7) is 0.590. The van der Waals surface area contributed by atoms with Crippen molar-refractivity contribution in [3.05, 3.63) is 35.9 Å². The fourth-order valence-electron chi connectivity index (χ4n) is 1.14. The predicted molar refractivity (Wildman–Crippen MR) is 54.1 cm³/mol. The van der Waals surface area contributed by atoms with Gasteiger partial charge in [-0.2, -0.15) is 0 Å². The molecule has 0 aromatic heterocycles. The smallest absolute Gasteiger partial charge is 0.146 e. The first-order valence-corrected chi connectivity index (χ1v) is 4.97. The van der Waals surface area contributed by atoms with Crippen molar-refractivity contribution in [2.75, 3.05) is 0 Å². The lowest BCUT2D eigenvalue weighted by atomic mass is 10.2. The molecule has 13 heavy (non-hydrogen) atoms. The van der Waals surface area contributed by atoms with E-state index in [2.05, 4.69) is 0 Å². The van der Waals surface area contributed by atoms with Crippen LogP contribution in [-0.4, -0.2) is 10.4 Å². The molecule has 0 amide bonds. The zero-order valence-electron chi connectivity index (χ0n) is 7.04. The molecule has 0 N–H and O–H groups in total. The van der Waals surface area contributed by atoms with Crippen molar-refractivity contribution in [2.24, 2.45) is 0 Å². The van der Waals surface area contributed by atoms with Crippen molar-refractivity contribution in [3.8, 4) is 0 Å². The summed E-state index contributed by atoms with van der Waals surface area (Å²) in [6, 6.07) is 9.99. The normalized spacial score (nSPS) is 24.3. The van der Waals surface area contributed by atoms with Crippen LogP contribution in [0.1, 0.15) is 12.0 Å². The third-order valence-corrected chi connectivity index (χ3v) is 2.86. The second kappa shape index (κ2) is 3.49. The highest BCUT2D eigenvalue weighted by Gasteiger charge is 2.53. The van der Waals surface area contributed by atoms with Crippen molar-refractivity contribution in [1.29, 1.82) is 0 Å². The molecule has 1 atom stereocenters. The Morgan fingerprint density at radius 1 is 1.31 bits per heavy atom. The fraction of sp³-hybridized carbons (Fsp3) is 0.400. The zero-order valence-corrected chi connectivity index (χ0v) is 8.55. The number of rotatable bonds is 3. The molecule has 0 radical (unpaired) electrons. The van der Waals surface area contributed by atoms with Gasteiger partial charge in [0.15, 0.2) is 0 Å². The van der Waals surface area contributed by atoms with Crippen LogP contribution in [0.2, 0.25) is 0 Å². The molecule has 1 unspecified atom stereocenters. The summed E-state index contributed by atoms with van der Waals surface area (Å²) in [5, 5.41) is 0. The maximum absolute atomic E-state index is 5.81. The number of hydrogen-bond donors (Lipinski definition) is 0. The second-order valence-corrected chi connectivity index (χ2v) is 4.79. The van der Waals surface area contributed by atoms with Gasteiger partial charge in [-0.05, 0) is 5.56 Å². The standard InChI is InChI=1S/C10H10Cl2O/c11-10(12)6-9(10)13-7-8-4-2-1-3-5-8/h1-5,9H,6-7H2. The summed E-state index contributed by atoms with van der Waals surface area (Å²) in [4.78, 5) is 0. The minimum atomic E-state index is -0.630. The van der Waals surface area contributed by atoms with Gasteiger partial charge in [-0.25, -0.2) is 0 Å². The molecule has 2 rings (SSSR count). The minimum Gasteiger partial charge on any atom is -0.370 e. The number of alkyl halides is 2. The van der Waals surface area contributed by atoms with E-state index in [4.69, 9.17) is 27.9 Å². The highest BCUT2D eigenvalue weighted by Crippen LogP contribution is 2.49. The lowest BCUT2D eigenvalue weighted by Crippen LogP contribution is -2.01. The predicted octanol–water partition coefficient (Wildman–Crippen LogP) is 3.15. The Morgan fingerprint density at radius 3 is 2.46 bits per heavy atom. The third-order valence-electron chi connectivity index (χ3n) is 2.06. The number of benzene rings is 1. The Hall–Kier alpha value is -0.240. The first-order chi connectivity index (χ1) is 6.18. The van der Waals surface area contributed by atoms with E-state index in [0.717, 1.165) is 12.0 Å². The summed E-state index contributed by atoms with van der Waals surface area (Å²) in [6.07, 6.45) is 0.749. The van der Waals surface area contributed by atoms with Crippen LogP contribution in [0.15, 0.2) is 30.3 Å². The van der Waals surface area contributed by atoms with Gasteiger partial charge in [0.05, 0.1) is 12.7 Å². The highest BCUT2D eigenvalue weighted by atomic mass is 35.5. The van der Waals surface area contributed by atoms with Gasteiger partial charge in [-0.15, -0.1) is 0 Å². The summed E-state index contributed by atoms with van der Waals surface area (Å²) >= 11 is 11.6. The van der Waals surface area contributed by atoms with Crippen LogP contribution in [0.25, 0.3) is 0 Å². The summed E-state index contributed by atoms with van der Waals surface area (Å²) in [5.74, 6) is 0. The third kappa shape index (κ3) is 2.37. The topological polar surface area (TPSA) is 9.23 Å². The van der Waals surface area contributed by atoms with E-state index in [9.17, 15) is 0 Å². The van der Waals surface area contributed by atoms with Gasteiger partial charge in [0, 0.05) is 6.42 Å². The molecule has 0 heterocycles. The quantitative estimate of drug-likeness (QED) is 0.706. The average Bonchev–Trinajstić information content (AvgIpc) is 2.73. The molecule has 70 valence electrons. The van der Waals surface area contributed by atoms with E-state index in [-0.39, 0.29) is 6.10 Å². The molecule has 1 aromatic rings. The summed E-state index contributed by atoms with van der Waals surface area (Å²) in [7, 11) is 0. The highest BCUT2D eigenvalue weighted by molar-refractivity contribution is 6.51. The van der Waals surface area contributed by atoms with Crippen LogP contribution in [0.4, 0.5) is 0 Å². The van der Waals surface area contributed by atoms with E-state index in [0.29, 0.717) is 6.61 Å². The molecule has 0 aliphatic heterocycles. The van der Waals surface area contributed by atoms with Crippen LogP contribution >= 0.6 is 23.2 Å². The zero-order chi connectivity index (χ0) is 9.31. The molecule has 1 aliphatic rings. The van der Waals surface area contributed by atoms with Crippen molar-refractivity contribution >= 4 is 23.2 Å². The van der Waals surface area contributed by atoms with Crippen LogP contribution < -0.4 is 0 Å². The molecule has 1 aromatic carbocycles. The van der Waals surface area contributed by atoms with Crippen LogP contribution in [0, 0.1) is 0 Å². The van der Waals surface area contributed by atoms with Crippen LogP contribution in [0.3, 0.4) is 0 Å². The lowest BCUT2D eigenvalue weighted by Gasteiger charge is -2.03. The van der Waals surface area contributed by atoms with Crippen molar-refractivity contribution in [1.82, 2.24) is 0 Å². The van der Waals surface area contributed by atoms with Gasteiger partial charge in [-0.3, -0.25) is 0 Å². The van der Waals surface area contributed by atoms with Gasteiger partial charge < -0.3 is 4.74 Å². The van der Waals surface area contributed by atoms with E-state index in [1.165, 1.54) is 0 Å². The Morgan fingerprint density at radius 2 is 1.92 bits per heavy atom. The maximum atomic E-state index is 5.81. The van der Waals surface area contributed by atoms with Crippen LogP contribution in [-0.2, 0) is 11.3 Å². The number of ether oxygens (including phenoxy) is 1. The van der Waals surface area contributed by atoms with Crippen LogP contribution in [0.5, 0.6) is 0 Å². The van der Waals surface area contributed by atoms with E-state index < -0.39 is 4.33 Å². The monoisotopic (exact) mass is 216 g/mol. The molecular formula is C10H10Cl2O. The van der Waals surface area contributed by atoms with E-state index >= 15 is 0 Å². The Labute approximate surface area is 87.6 Å². The first kappa shape index (κ1) is 9.32. The Bertz CT molecular complexity index is 284. The van der Waals surface area contributed by atoms with E-state index in [1.807, 2.05) is 30.3 Å². The molecular weight excluding hydrogens is 207 g/mol. The molecule has 1 nitrogen and oxygen atoms in total. The maximum Gasteiger partial charge on any atom is 0.146 e. The average molecular weight is 217 g/mol. The van der Waals surface area contributed by atoms with Gasteiger partial charge in [0.1, 0.15) is 4.33 Å². The molecule has 0 bridgehead atoms. The fourth-order valence-corrected chi connectivity index (χ4v) is 1.55. The molecule has 1 saturated carbocycles. The molecule has 0 spiro atoms. The Balaban J connectivity index is 1.82. The molecule has 1 fully saturated rings. The van der Waals surface area contributed by atoms with Gasteiger partial charge in [0.25, 0.3) is 0 Å². The summed E-state index contributed by atoms with van der Waals surface area (Å²) < 4.78 is 4.86. The van der Waals surface area contributed by atoms with Crippen molar-refractivity contribution < 1.29 is 4.74 Å². The SMILES string of the molecule is ClC1(Cl)CC1OCc1ccccc1. The first-order valence-electron chi connectivity index (χ1n) is 4.22. The minimum absolute atomic E-state index is 0.0102. The van der Waals surface area contributed by atoms with Gasteiger partial charge >= 0.3 is 0 Å². The summed E-state index contributed by atoms with van der Waals surface area (Å²) in [5.41, 5.74) is 1.15. The Kier molecular flexibility index (Phi) is 2.50.